The Balaban J connectivity index is 1.83. The first-order valence-corrected chi connectivity index (χ1v) is 12.3. The molecule has 1 aliphatic rings. The van der Waals surface area contributed by atoms with Crippen molar-refractivity contribution in [1.82, 2.24) is 9.47 Å². The normalized spacial score (nSPS) is 18.6. The first-order valence-electron chi connectivity index (χ1n) is 10.4. The molecule has 12 heteroatoms. The van der Waals surface area contributed by atoms with Gasteiger partial charge in [0.15, 0.2) is 9.84 Å². The Bertz CT molecular complexity index is 1310. The van der Waals surface area contributed by atoms with Gasteiger partial charge in [-0.2, -0.15) is 13.2 Å². The van der Waals surface area contributed by atoms with Crippen molar-refractivity contribution < 1.29 is 31.6 Å². The van der Waals surface area contributed by atoms with E-state index in [0.717, 1.165) is 11.6 Å². The maximum absolute atomic E-state index is 14.4. The number of sulfone groups is 1. The minimum Gasteiger partial charge on any atom is -0.375 e. The number of nitrogens with zero attached hydrogens (tertiary/aromatic N) is 3. The van der Waals surface area contributed by atoms with Crippen LogP contribution < -0.4 is 0 Å². The van der Waals surface area contributed by atoms with Crippen LogP contribution in [0.4, 0.5) is 18.9 Å². The van der Waals surface area contributed by atoms with Gasteiger partial charge in [0.2, 0.25) is 5.60 Å². The molecule has 0 amide bonds. The van der Waals surface area contributed by atoms with Crippen molar-refractivity contribution in [3.05, 3.63) is 76.0 Å². The monoisotopic (exact) mass is 497 g/mol. The topological polar surface area (TPSA) is 106 Å². The van der Waals surface area contributed by atoms with Gasteiger partial charge >= 0.3 is 6.18 Å². The summed E-state index contributed by atoms with van der Waals surface area (Å²) in [7, 11) is -3.32. The number of rotatable bonds is 6. The highest BCUT2D eigenvalue weighted by molar-refractivity contribution is 7.91. The molecule has 3 aromatic rings. The SMILES string of the molecule is O=[N+]([O-])c1ccc2c(C(O)(CN3CCS(=O)(=O)CC3)C(F)(F)F)cn(Cc3ccccc3)c2c1. The van der Waals surface area contributed by atoms with Gasteiger partial charge in [0, 0.05) is 55.5 Å². The first kappa shape index (κ1) is 24.2. The molecule has 2 heterocycles. The Kier molecular flexibility index (Phi) is 6.17. The molecular weight excluding hydrogens is 475 g/mol. The van der Waals surface area contributed by atoms with E-state index in [0.29, 0.717) is 0 Å². The van der Waals surface area contributed by atoms with Gasteiger partial charge in [0.05, 0.1) is 21.9 Å². The molecule has 2 aromatic carbocycles. The average Bonchev–Trinajstić information content (AvgIpc) is 3.13. The second kappa shape index (κ2) is 8.67. The summed E-state index contributed by atoms with van der Waals surface area (Å²) >= 11 is 0. The molecule has 1 saturated heterocycles. The lowest BCUT2D eigenvalue weighted by molar-refractivity contribution is -0.384. The summed E-state index contributed by atoms with van der Waals surface area (Å²) in [5.74, 6) is -0.578. The molecule has 1 unspecified atom stereocenters. The van der Waals surface area contributed by atoms with E-state index in [-0.39, 0.29) is 47.7 Å². The number of benzene rings is 2. The van der Waals surface area contributed by atoms with E-state index in [2.05, 4.69) is 0 Å². The fourth-order valence-electron chi connectivity index (χ4n) is 4.19. The number of hydrogen-bond donors (Lipinski definition) is 1. The Morgan fingerprint density at radius 1 is 1.06 bits per heavy atom. The van der Waals surface area contributed by atoms with Crippen LogP contribution in [-0.2, 0) is 22.0 Å². The molecule has 0 saturated carbocycles. The summed E-state index contributed by atoms with van der Waals surface area (Å²) in [6, 6.07) is 12.4. The lowest BCUT2D eigenvalue weighted by atomic mass is 9.91. The second-order valence-corrected chi connectivity index (χ2v) is 10.7. The molecule has 0 radical (unpaired) electrons. The molecule has 1 aliphatic heterocycles. The first-order chi connectivity index (χ1) is 15.9. The van der Waals surface area contributed by atoms with Gasteiger partial charge in [-0.05, 0) is 11.6 Å². The van der Waals surface area contributed by atoms with E-state index in [1.54, 1.807) is 30.3 Å². The fraction of sp³-hybridized carbons (Fsp3) is 0.364. The number of nitro benzene ring substituents is 1. The maximum Gasteiger partial charge on any atom is 0.422 e. The lowest BCUT2D eigenvalue weighted by Crippen LogP contribution is -2.54. The summed E-state index contributed by atoms with van der Waals surface area (Å²) < 4.78 is 67.9. The van der Waals surface area contributed by atoms with Crippen LogP contribution >= 0.6 is 0 Å². The van der Waals surface area contributed by atoms with E-state index < -0.39 is 38.6 Å². The van der Waals surface area contributed by atoms with E-state index in [1.165, 1.54) is 27.8 Å². The largest absolute Gasteiger partial charge is 0.422 e. The van der Waals surface area contributed by atoms with Gasteiger partial charge < -0.3 is 9.67 Å². The number of non-ortho nitro benzene ring substituents is 1. The standard InChI is InChI=1S/C22H22F3N3O5S/c23-22(24,25)21(29,15-26-8-10-34(32,33)11-9-26)19-14-27(13-16-4-2-1-3-5-16)20-12-17(28(30)31)6-7-18(19)20/h1-7,12,14,29H,8-11,13,15H2. The van der Waals surface area contributed by atoms with E-state index in [9.17, 15) is 36.8 Å². The highest BCUT2D eigenvalue weighted by atomic mass is 32.2. The summed E-state index contributed by atoms with van der Waals surface area (Å²) in [4.78, 5) is 11.9. The molecule has 0 aliphatic carbocycles. The highest BCUT2D eigenvalue weighted by Crippen LogP contribution is 2.44. The zero-order chi connectivity index (χ0) is 24.7. The molecule has 1 N–H and O–H groups in total. The molecule has 1 fully saturated rings. The van der Waals surface area contributed by atoms with Crippen LogP contribution in [0.2, 0.25) is 0 Å². The fourth-order valence-corrected chi connectivity index (χ4v) is 5.47. The number of β-amino-alcohol motifs (C(OH)–C–C–N with tert-alkyl or cyclic N) is 1. The van der Waals surface area contributed by atoms with Crippen molar-refractivity contribution in [3.63, 3.8) is 0 Å². The van der Waals surface area contributed by atoms with Crippen molar-refractivity contribution in [2.24, 2.45) is 0 Å². The predicted octanol–water partition coefficient (Wildman–Crippen LogP) is 3.08. The molecule has 1 aromatic heterocycles. The highest BCUT2D eigenvalue weighted by Gasteiger charge is 2.57. The van der Waals surface area contributed by atoms with Crippen LogP contribution in [0, 0.1) is 10.1 Å². The third-order valence-electron chi connectivity index (χ3n) is 6.08. The van der Waals surface area contributed by atoms with Crippen LogP contribution in [-0.4, -0.2) is 65.2 Å². The molecule has 1 atom stereocenters. The maximum atomic E-state index is 14.4. The van der Waals surface area contributed by atoms with Crippen molar-refractivity contribution in [3.8, 4) is 0 Å². The van der Waals surface area contributed by atoms with Crippen molar-refractivity contribution in [2.45, 2.75) is 18.3 Å². The third kappa shape index (κ3) is 4.65. The lowest BCUT2D eigenvalue weighted by Gasteiger charge is -2.37. The Morgan fingerprint density at radius 3 is 2.29 bits per heavy atom. The Morgan fingerprint density at radius 2 is 1.71 bits per heavy atom. The van der Waals surface area contributed by atoms with Gasteiger partial charge in [-0.1, -0.05) is 30.3 Å². The average molecular weight is 497 g/mol. The molecule has 34 heavy (non-hydrogen) atoms. The second-order valence-electron chi connectivity index (χ2n) is 8.40. The van der Waals surface area contributed by atoms with Crippen molar-refractivity contribution >= 4 is 26.4 Å². The number of aromatic nitrogens is 1. The summed E-state index contributed by atoms with van der Waals surface area (Å²) in [6.07, 6.45) is -3.91. The molecular formula is C22H22F3N3O5S. The van der Waals surface area contributed by atoms with Crippen molar-refractivity contribution in [1.29, 1.82) is 0 Å². The number of halogens is 3. The van der Waals surface area contributed by atoms with Crippen LogP contribution in [0.15, 0.2) is 54.7 Å². The van der Waals surface area contributed by atoms with E-state index in [1.807, 2.05) is 0 Å². The summed E-state index contributed by atoms with van der Waals surface area (Å²) in [6.45, 7) is -0.981. The van der Waals surface area contributed by atoms with Crippen molar-refractivity contribution in [2.75, 3.05) is 31.1 Å². The smallest absolute Gasteiger partial charge is 0.375 e. The minimum absolute atomic E-state index is 0.0333. The zero-order valence-electron chi connectivity index (χ0n) is 17.9. The number of nitro groups is 1. The van der Waals surface area contributed by atoms with E-state index >= 15 is 0 Å². The number of alkyl halides is 3. The summed E-state index contributed by atoms with van der Waals surface area (Å²) in [5.41, 5.74) is -3.10. The van der Waals surface area contributed by atoms with Gasteiger partial charge in [-0.3, -0.25) is 15.0 Å². The summed E-state index contributed by atoms with van der Waals surface area (Å²) in [5, 5.41) is 22.4. The van der Waals surface area contributed by atoms with Gasteiger partial charge in [0.25, 0.3) is 5.69 Å². The quantitative estimate of drug-likeness (QED) is 0.415. The van der Waals surface area contributed by atoms with Crippen LogP contribution in [0.3, 0.4) is 0 Å². The molecule has 4 rings (SSSR count). The van der Waals surface area contributed by atoms with Crippen LogP contribution in [0.5, 0.6) is 0 Å². The third-order valence-corrected chi connectivity index (χ3v) is 7.69. The van der Waals surface area contributed by atoms with Crippen LogP contribution in [0.25, 0.3) is 10.9 Å². The Hall–Kier alpha value is -2.96. The number of aliphatic hydroxyl groups is 1. The van der Waals surface area contributed by atoms with Gasteiger partial charge in [-0.15, -0.1) is 0 Å². The molecule has 182 valence electrons. The molecule has 0 spiro atoms. The minimum atomic E-state index is -5.09. The van der Waals surface area contributed by atoms with Crippen LogP contribution in [0.1, 0.15) is 11.1 Å². The Labute approximate surface area is 193 Å². The molecule has 0 bridgehead atoms. The number of hydrogen-bond acceptors (Lipinski definition) is 6. The predicted molar refractivity (Wildman–Crippen MR) is 119 cm³/mol. The molecule has 8 nitrogen and oxygen atoms in total. The van der Waals surface area contributed by atoms with Gasteiger partial charge in [-0.25, -0.2) is 8.42 Å². The number of fused-ring (bicyclic) bond motifs is 1. The van der Waals surface area contributed by atoms with Gasteiger partial charge in [0.1, 0.15) is 0 Å². The zero-order valence-corrected chi connectivity index (χ0v) is 18.7. The van der Waals surface area contributed by atoms with E-state index in [4.69, 9.17) is 0 Å².